The Morgan fingerprint density at radius 1 is 1.40 bits per heavy atom. The molecule has 1 fully saturated rings. The molecular weight excluding hydrogens is 124 g/mol. The molecule has 0 amide bonds. The van der Waals surface area contributed by atoms with Crippen LogP contribution < -0.4 is 0 Å². The predicted molar refractivity (Wildman–Crippen MR) is 42.8 cm³/mol. The number of allylic oxidation sites excluding steroid dienone is 1. The third-order valence-corrected chi connectivity index (χ3v) is 2.34. The Morgan fingerprint density at radius 2 is 2.10 bits per heavy atom. The first-order valence-corrected chi connectivity index (χ1v) is 4.13. The van der Waals surface area contributed by atoms with Gasteiger partial charge in [0.25, 0.3) is 0 Å². The normalized spacial score (nSPS) is 33.7. The molecule has 0 radical (unpaired) electrons. The van der Waals surface area contributed by atoms with E-state index < -0.39 is 0 Å². The van der Waals surface area contributed by atoms with Gasteiger partial charge in [-0.15, -0.1) is 6.58 Å². The van der Waals surface area contributed by atoms with Crippen LogP contribution in [0.2, 0.25) is 0 Å². The lowest BCUT2D eigenvalue weighted by Gasteiger charge is -2.26. The van der Waals surface area contributed by atoms with Crippen molar-refractivity contribution in [3.63, 3.8) is 0 Å². The molecule has 0 aromatic carbocycles. The largest absolute Gasteiger partial charge is 0.393 e. The first-order chi connectivity index (χ1) is 4.84. The minimum absolute atomic E-state index is 0.0493. The summed E-state index contributed by atoms with van der Waals surface area (Å²) in [7, 11) is 0. The maximum absolute atomic E-state index is 9.45. The molecule has 10 heavy (non-hydrogen) atoms. The molecule has 0 aromatic heterocycles. The van der Waals surface area contributed by atoms with Crippen molar-refractivity contribution < 1.29 is 5.11 Å². The van der Waals surface area contributed by atoms with Crippen LogP contribution in [0.15, 0.2) is 12.7 Å². The fourth-order valence-corrected chi connectivity index (χ4v) is 1.68. The second kappa shape index (κ2) is 3.77. The van der Waals surface area contributed by atoms with E-state index >= 15 is 0 Å². The number of hydrogen-bond acceptors (Lipinski definition) is 1. The molecule has 0 spiro atoms. The Morgan fingerprint density at radius 3 is 2.70 bits per heavy atom. The van der Waals surface area contributed by atoms with E-state index in [1.165, 1.54) is 19.3 Å². The van der Waals surface area contributed by atoms with Crippen LogP contribution in [0.3, 0.4) is 0 Å². The van der Waals surface area contributed by atoms with E-state index in [1.807, 2.05) is 6.08 Å². The number of hydrogen-bond donors (Lipinski definition) is 1. The molecule has 1 aliphatic rings. The fourth-order valence-electron chi connectivity index (χ4n) is 1.68. The second-order valence-corrected chi connectivity index (χ2v) is 3.14. The molecule has 1 aliphatic carbocycles. The van der Waals surface area contributed by atoms with Gasteiger partial charge in [-0.2, -0.15) is 0 Å². The fraction of sp³-hybridized carbons (Fsp3) is 0.778. The minimum Gasteiger partial charge on any atom is -0.393 e. The first kappa shape index (κ1) is 7.80. The highest BCUT2D eigenvalue weighted by molar-refractivity contribution is 4.80. The van der Waals surface area contributed by atoms with Crippen LogP contribution in [-0.4, -0.2) is 11.2 Å². The number of aliphatic hydroxyl groups is 1. The van der Waals surface area contributed by atoms with Gasteiger partial charge >= 0.3 is 0 Å². The molecule has 0 saturated heterocycles. The van der Waals surface area contributed by atoms with Crippen LogP contribution in [0, 0.1) is 5.92 Å². The molecule has 2 atom stereocenters. The standard InChI is InChI=1S/C9H16O/c1-2-5-8-6-3-4-7-9(8)10/h2,8-10H,1,3-7H2/t8-,9+/m0/s1. The highest BCUT2D eigenvalue weighted by Gasteiger charge is 2.20. The monoisotopic (exact) mass is 140 g/mol. The molecular formula is C9H16O. The summed E-state index contributed by atoms with van der Waals surface area (Å²) in [5, 5.41) is 9.45. The van der Waals surface area contributed by atoms with Gasteiger partial charge in [0.05, 0.1) is 6.10 Å². The van der Waals surface area contributed by atoms with Gasteiger partial charge in [0, 0.05) is 0 Å². The molecule has 0 aliphatic heterocycles. The molecule has 0 bridgehead atoms. The van der Waals surface area contributed by atoms with Crippen molar-refractivity contribution in [2.45, 2.75) is 38.2 Å². The lowest BCUT2D eigenvalue weighted by atomic mass is 9.84. The van der Waals surface area contributed by atoms with Gasteiger partial charge in [-0.25, -0.2) is 0 Å². The van der Waals surface area contributed by atoms with Gasteiger partial charge in [0.15, 0.2) is 0 Å². The summed E-state index contributed by atoms with van der Waals surface area (Å²) in [6, 6.07) is 0. The van der Waals surface area contributed by atoms with Crippen LogP contribution in [0.4, 0.5) is 0 Å². The summed E-state index contributed by atoms with van der Waals surface area (Å²) in [6.45, 7) is 3.68. The average molecular weight is 140 g/mol. The summed E-state index contributed by atoms with van der Waals surface area (Å²) in [5.74, 6) is 0.506. The first-order valence-electron chi connectivity index (χ1n) is 4.13. The lowest BCUT2D eigenvalue weighted by molar-refractivity contribution is 0.0714. The van der Waals surface area contributed by atoms with Gasteiger partial charge in [-0.1, -0.05) is 18.9 Å². The Bertz CT molecular complexity index is 109. The Hall–Kier alpha value is -0.300. The summed E-state index contributed by atoms with van der Waals surface area (Å²) < 4.78 is 0. The molecule has 1 N–H and O–H groups in total. The average Bonchev–Trinajstić information content (AvgIpc) is 1.94. The van der Waals surface area contributed by atoms with Crippen molar-refractivity contribution in [3.05, 3.63) is 12.7 Å². The van der Waals surface area contributed by atoms with Crippen LogP contribution >= 0.6 is 0 Å². The Labute approximate surface area is 62.8 Å². The van der Waals surface area contributed by atoms with E-state index in [9.17, 15) is 5.11 Å². The van der Waals surface area contributed by atoms with Crippen LogP contribution in [0.25, 0.3) is 0 Å². The molecule has 0 aromatic rings. The van der Waals surface area contributed by atoms with Crippen molar-refractivity contribution in [2.24, 2.45) is 5.92 Å². The van der Waals surface area contributed by atoms with Crippen molar-refractivity contribution >= 4 is 0 Å². The van der Waals surface area contributed by atoms with E-state index in [1.54, 1.807) is 0 Å². The third-order valence-electron chi connectivity index (χ3n) is 2.34. The van der Waals surface area contributed by atoms with Crippen LogP contribution in [0.5, 0.6) is 0 Å². The van der Waals surface area contributed by atoms with E-state index in [2.05, 4.69) is 6.58 Å². The molecule has 1 heteroatoms. The SMILES string of the molecule is C=CC[C@H]1CCCC[C@H]1O. The van der Waals surface area contributed by atoms with E-state index in [4.69, 9.17) is 0 Å². The highest BCUT2D eigenvalue weighted by Crippen LogP contribution is 2.26. The second-order valence-electron chi connectivity index (χ2n) is 3.14. The van der Waals surface area contributed by atoms with Crippen LogP contribution in [-0.2, 0) is 0 Å². The van der Waals surface area contributed by atoms with Gasteiger partial charge in [-0.05, 0) is 25.2 Å². The molecule has 0 unspecified atom stereocenters. The maximum atomic E-state index is 9.45. The van der Waals surface area contributed by atoms with Crippen LogP contribution in [0.1, 0.15) is 32.1 Å². The zero-order valence-electron chi connectivity index (χ0n) is 6.42. The van der Waals surface area contributed by atoms with E-state index in [0.29, 0.717) is 5.92 Å². The van der Waals surface area contributed by atoms with E-state index in [-0.39, 0.29) is 6.10 Å². The third kappa shape index (κ3) is 1.84. The van der Waals surface area contributed by atoms with Gasteiger partial charge in [0.2, 0.25) is 0 Å². The van der Waals surface area contributed by atoms with Crippen molar-refractivity contribution in [3.8, 4) is 0 Å². The topological polar surface area (TPSA) is 20.2 Å². The summed E-state index contributed by atoms with van der Waals surface area (Å²) in [5.41, 5.74) is 0. The lowest BCUT2D eigenvalue weighted by Crippen LogP contribution is -2.23. The zero-order chi connectivity index (χ0) is 7.40. The van der Waals surface area contributed by atoms with Gasteiger partial charge < -0.3 is 5.11 Å². The summed E-state index contributed by atoms with van der Waals surface area (Å²) >= 11 is 0. The Balaban J connectivity index is 2.32. The van der Waals surface area contributed by atoms with Gasteiger partial charge in [0.1, 0.15) is 0 Å². The summed E-state index contributed by atoms with van der Waals surface area (Å²) in [4.78, 5) is 0. The zero-order valence-corrected chi connectivity index (χ0v) is 6.42. The summed E-state index contributed by atoms with van der Waals surface area (Å²) in [6.07, 6.45) is 7.53. The minimum atomic E-state index is -0.0493. The van der Waals surface area contributed by atoms with Crippen molar-refractivity contribution in [1.29, 1.82) is 0 Å². The van der Waals surface area contributed by atoms with E-state index in [0.717, 1.165) is 12.8 Å². The molecule has 1 rings (SSSR count). The predicted octanol–water partition coefficient (Wildman–Crippen LogP) is 2.11. The smallest absolute Gasteiger partial charge is 0.0571 e. The molecule has 1 nitrogen and oxygen atoms in total. The molecule has 1 saturated carbocycles. The number of rotatable bonds is 2. The molecule has 0 heterocycles. The van der Waals surface area contributed by atoms with Crippen molar-refractivity contribution in [1.82, 2.24) is 0 Å². The van der Waals surface area contributed by atoms with Gasteiger partial charge in [-0.3, -0.25) is 0 Å². The Kier molecular flexibility index (Phi) is 2.94. The van der Waals surface area contributed by atoms with Crippen molar-refractivity contribution in [2.75, 3.05) is 0 Å². The quantitative estimate of drug-likeness (QED) is 0.582. The number of aliphatic hydroxyl groups excluding tert-OH is 1. The molecule has 58 valence electrons. The highest BCUT2D eigenvalue weighted by atomic mass is 16.3. The maximum Gasteiger partial charge on any atom is 0.0571 e.